The lowest BCUT2D eigenvalue weighted by Gasteiger charge is -2.17. The largest absolute Gasteiger partial charge is 0.467 e. The van der Waals surface area contributed by atoms with Gasteiger partial charge in [-0.1, -0.05) is 30.3 Å². The molecule has 148 valence electrons. The monoisotopic (exact) mass is 379 g/mol. The van der Waals surface area contributed by atoms with Crippen molar-refractivity contribution >= 4 is 23.9 Å². The molecular formula is C18H25N3O6. The summed E-state index contributed by atoms with van der Waals surface area (Å²) in [5.41, 5.74) is 0.853. The van der Waals surface area contributed by atoms with Gasteiger partial charge in [0.25, 0.3) is 0 Å². The number of alkyl carbamates (subject to hydrolysis) is 1. The second-order valence-electron chi connectivity index (χ2n) is 5.78. The number of hydrogen-bond acceptors (Lipinski definition) is 6. The molecule has 0 radical (unpaired) electrons. The number of hydrogen-bond donors (Lipinski definition) is 3. The summed E-state index contributed by atoms with van der Waals surface area (Å²) in [4.78, 5) is 46.5. The van der Waals surface area contributed by atoms with Crippen LogP contribution in [0.3, 0.4) is 0 Å². The standard InChI is InChI=1S/C18H25N3O6/c1-12(16(23)21-13(2)17(24)26-3)20-15(22)9-10-19-18(25)27-11-14-7-5-4-6-8-14/h4-8,12-13H,9-11H2,1-3H3,(H,19,25)(H,20,22)(H,21,23)/t12-,13-/m0/s1. The van der Waals surface area contributed by atoms with Gasteiger partial charge in [-0.2, -0.15) is 0 Å². The summed E-state index contributed by atoms with van der Waals surface area (Å²) in [5, 5.41) is 7.36. The van der Waals surface area contributed by atoms with Crippen LogP contribution in [0.5, 0.6) is 0 Å². The smallest absolute Gasteiger partial charge is 0.407 e. The highest BCUT2D eigenvalue weighted by atomic mass is 16.5. The Morgan fingerprint density at radius 2 is 1.67 bits per heavy atom. The number of methoxy groups -OCH3 is 1. The number of nitrogens with one attached hydrogen (secondary N) is 3. The van der Waals surface area contributed by atoms with Crippen LogP contribution in [0.1, 0.15) is 25.8 Å². The highest BCUT2D eigenvalue weighted by Crippen LogP contribution is 2.00. The Bertz CT molecular complexity index is 650. The molecule has 0 spiro atoms. The summed E-state index contributed by atoms with van der Waals surface area (Å²) in [7, 11) is 1.22. The molecule has 0 aliphatic heterocycles. The Kier molecular flexibility index (Phi) is 9.35. The Labute approximate surface area is 157 Å². The number of rotatable bonds is 9. The van der Waals surface area contributed by atoms with Crippen LogP contribution in [-0.4, -0.2) is 49.6 Å². The Morgan fingerprint density at radius 1 is 1.00 bits per heavy atom. The van der Waals surface area contributed by atoms with Crippen LogP contribution in [0, 0.1) is 0 Å². The first-order valence-electron chi connectivity index (χ1n) is 8.45. The van der Waals surface area contributed by atoms with Crippen molar-refractivity contribution in [3.63, 3.8) is 0 Å². The molecule has 0 aromatic heterocycles. The number of amides is 3. The van der Waals surface area contributed by atoms with Crippen molar-refractivity contribution in [1.29, 1.82) is 0 Å². The van der Waals surface area contributed by atoms with Crippen LogP contribution < -0.4 is 16.0 Å². The maximum atomic E-state index is 11.9. The minimum absolute atomic E-state index is 0.0232. The average Bonchev–Trinajstić information content (AvgIpc) is 2.66. The van der Waals surface area contributed by atoms with Gasteiger partial charge in [-0.25, -0.2) is 9.59 Å². The molecule has 0 aliphatic carbocycles. The topological polar surface area (TPSA) is 123 Å². The van der Waals surface area contributed by atoms with E-state index in [1.165, 1.54) is 21.0 Å². The fourth-order valence-electron chi connectivity index (χ4n) is 2.01. The van der Waals surface area contributed by atoms with Crippen LogP contribution in [0.25, 0.3) is 0 Å². The molecule has 0 saturated heterocycles. The molecule has 2 atom stereocenters. The second-order valence-corrected chi connectivity index (χ2v) is 5.78. The predicted molar refractivity (Wildman–Crippen MR) is 96.5 cm³/mol. The number of benzene rings is 1. The van der Waals surface area contributed by atoms with Crippen molar-refractivity contribution in [2.45, 2.75) is 39.0 Å². The number of carbonyl (C=O) groups excluding carboxylic acids is 4. The van der Waals surface area contributed by atoms with E-state index in [-0.39, 0.29) is 19.6 Å². The van der Waals surface area contributed by atoms with E-state index in [0.717, 1.165) is 5.56 Å². The van der Waals surface area contributed by atoms with Gasteiger partial charge in [-0.05, 0) is 19.4 Å². The van der Waals surface area contributed by atoms with Crippen molar-refractivity contribution in [3.8, 4) is 0 Å². The van der Waals surface area contributed by atoms with Gasteiger partial charge in [0.15, 0.2) is 0 Å². The predicted octanol–water partition coefficient (Wildman–Crippen LogP) is 0.485. The molecule has 0 heterocycles. The Balaban J connectivity index is 2.23. The van der Waals surface area contributed by atoms with E-state index in [1.54, 1.807) is 0 Å². The van der Waals surface area contributed by atoms with E-state index in [9.17, 15) is 19.2 Å². The maximum absolute atomic E-state index is 11.9. The van der Waals surface area contributed by atoms with Crippen molar-refractivity contribution in [1.82, 2.24) is 16.0 Å². The summed E-state index contributed by atoms with van der Waals surface area (Å²) in [6, 6.07) is 7.54. The summed E-state index contributed by atoms with van der Waals surface area (Å²) in [5.74, 6) is -1.52. The van der Waals surface area contributed by atoms with Gasteiger partial charge in [-0.15, -0.1) is 0 Å². The van der Waals surface area contributed by atoms with Gasteiger partial charge in [-0.3, -0.25) is 9.59 Å². The molecule has 9 heteroatoms. The highest BCUT2D eigenvalue weighted by Gasteiger charge is 2.21. The zero-order chi connectivity index (χ0) is 20.2. The molecular weight excluding hydrogens is 354 g/mol. The van der Waals surface area contributed by atoms with Crippen LogP contribution in [0.2, 0.25) is 0 Å². The van der Waals surface area contributed by atoms with E-state index in [0.29, 0.717) is 0 Å². The minimum Gasteiger partial charge on any atom is -0.467 e. The lowest BCUT2D eigenvalue weighted by atomic mass is 10.2. The molecule has 27 heavy (non-hydrogen) atoms. The van der Waals surface area contributed by atoms with Crippen LogP contribution >= 0.6 is 0 Å². The molecule has 3 amide bonds. The number of carbonyl (C=O) groups is 4. The highest BCUT2D eigenvalue weighted by molar-refractivity contribution is 5.90. The molecule has 0 saturated carbocycles. The van der Waals surface area contributed by atoms with Crippen molar-refractivity contribution in [2.24, 2.45) is 0 Å². The Hall–Kier alpha value is -3.10. The van der Waals surface area contributed by atoms with Gasteiger partial charge < -0.3 is 25.4 Å². The third-order valence-electron chi connectivity index (χ3n) is 3.52. The van der Waals surface area contributed by atoms with Crippen molar-refractivity contribution < 1.29 is 28.7 Å². The number of ether oxygens (including phenoxy) is 2. The first kappa shape index (κ1) is 21.9. The molecule has 0 aliphatic rings. The summed E-state index contributed by atoms with van der Waals surface area (Å²) >= 11 is 0. The summed E-state index contributed by atoms with van der Waals surface area (Å²) in [6.45, 7) is 3.16. The second kappa shape index (κ2) is 11.5. The molecule has 1 aromatic carbocycles. The van der Waals surface area contributed by atoms with Crippen LogP contribution in [0.4, 0.5) is 4.79 Å². The molecule has 1 aromatic rings. The van der Waals surface area contributed by atoms with E-state index in [4.69, 9.17) is 4.74 Å². The third kappa shape index (κ3) is 8.70. The average molecular weight is 379 g/mol. The number of esters is 1. The van der Waals surface area contributed by atoms with Crippen molar-refractivity contribution in [2.75, 3.05) is 13.7 Å². The normalized spacial score (nSPS) is 12.3. The van der Waals surface area contributed by atoms with Gasteiger partial charge in [0.1, 0.15) is 18.7 Å². The lowest BCUT2D eigenvalue weighted by Crippen LogP contribution is -2.49. The molecule has 9 nitrogen and oxygen atoms in total. The zero-order valence-electron chi connectivity index (χ0n) is 15.6. The molecule has 0 bridgehead atoms. The van der Waals surface area contributed by atoms with Gasteiger partial charge in [0.2, 0.25) is 11.8 Å². The molecule has 1 rings (SSSR count). The first-order valence-corrected chi connectivity index (χ1v) is 8.45. The zero-order valence-corrected chi connectivity index (χ0v) is 15.6. The SMILES string of the molecule is COC(=O)[C@H](C)NC(=O)[C@H](C)NC(=O)CCNC(=O)OCc1ccccc1. The fraction of sp³-hybridized carbons (Fsp3) is 0.444. The molecule has 0 fully saturated rings. The quantitative estimate of drug-likeness (QED) is 0.537. The van der Waals surface area contributed by atoms with Crippen LogP contribution in [-0.2, 0) is 30.5 Å². The fourth-order valence-corrected chi connectivity index (χ4v) is 2.01. The van der Waals surface area contributed by atoms with Crippen LogP contribution in [0.15, 0.2) is 30.3 Å². The van der Waals surface area contributed by atoms with E-state index in [2.05, 4.69) is 20.7 Å². The lowest BCUT2D eigenvalue weighted by molar-refractivity contribution is -0.144. The minimum atomic E-state index is -0.838. The molecule has 3 N–H and O–H groups in total. The maximum Gasteiger partial charge on any atom is 0.407 e. The van der Waals surface area contributed by atoms with E-state index >= 15 is 0 Å². The first-order chi connectivity index (χ1) is 12.8. The Morgan fingerprint density at radius 3 is 2.30 bits per heavy atom. The summed E-state index contributed by atoms with van der Waals surface area (Å²) in [6.07, 6.45) is -0.658. The van der Waals surface area contributed by atoms with E-state index in [1.807, 2.05) is 30.3 Å². The summed E-state index contributed by atoms with van der Waals surface area (Å²) < 4.78 is 9.52. The third-order valence-corrected chi connectivity index (χ3v) is 3.52. The van der Waals surface area contributed by atoms with Gasteiger partial charge >= 0.3 is 12.1 Å². The van der Waals surface area contributed by atoms with Gasteiger partial charge in [0.05, 0.1) is 7.11 Å². The van der Waals surface area contributed by atoms with Gasteiger partial charge in [0, 0.05) is 13.0 Å². The van der Waals surface area contributed by atoms with E-state index < -0.39 is 36.0 Å². The molecule has 0 unspecified atom stereocenters. The van der Waals surface area contributed by atoms with Crippen molar-refractivity contribution in [3.05, 3.63) is 35.9 Å².